The Kier molecular flexibility index (Phi) is 1.95. The summed E-state index contributed by atoms with van der Waals surface area (Å²) in [6.45, 7) is 1.87. The molecule has 0 bridgehead atoms. The zero-order chi connectivity index (χ0) is 6.69. The fourth-order valence-corrected chi connectivity index (χ4v) is 0.625. The van der Waals surface area contributed by atoms with Crippen LogP contribution in [0.15, 0.2) is 12.5 Å². The number of aliphatic hydroxyl groups is 1. The van der Waals surface area contributed by atoms with Gasteiger partial charge < -0.3 is 14.6 Å². The lowest BCUT2D eigenvalue weighted by Gasteiger charge is -2.14. The molecule has 0 aromatic rings. The van der Waals surface area contributed by atoms with Gasteiger partial charge in [0.15, 0.2) is 0 Å². The van der Waals surface area contributed by atoms with Crippen LogP contribution >= 0.6 is 0 Å². The zero-order valence-electron chi connectivity index (χ0n) is 5.28. The van der Waals surface area contributed by atoms with Crippen LogP contribution in [0, 0.1) is 0 Å². The summed E-state index contributed by atoms with van der Waals surface area (Å²) in [4.78, 5) is 0. The molecule has 0 fully saturated rings. The van der Waals surface area contributed by atoms with Crippen LogP contribution in [0.2, 0.25) is 0 Å². The summed E-state index contributed by atoms with van der Waals surface area (Å²) >= 11 is 0. The van der Waals surface area contributed by atoms with E-state index in [9.17, 15) is 0 Å². The van der Waals surface area contributed by atoms with Crippen molar-refractivity contribution in [3.8, 4) is 0 Å². The number of aliphatic hydroxyl groups excluding tert-OH is 1. The highest BCUT2D eigenvalue weighted by atomic mass is 16.7. The fraction of sp³-hybridized carbons (Fsp3) is 0.667. The van der Waals surface area contributed by atoms with Crippen LogP contribution in [-0.4, -0.2) is 17.5 Å². The Morgan fingerprint density at radius 2 is 2.11 bits per heavy atom. The first kappa shape index (κ1) is 6.42. The molecule has 52 valence electrons. The van der Waals surface area contributed by atoms with Gasteiger partial charge >= 0.3 is 0 Å². The third kappa shape index (κ3) is 1.36. The van der Waals surface area contributed by atoms with Crippen LogP contribution in [-0.2, 0) is 9.47 Å². The normalized spacial score (nSPS) is 21.1. The molecule has 1 heterocycles. The molecule has 3 nitrogen and oxygen atoms in total. The van der Waals surface area contributed by atoms with E-state index in [1.54, 1.807) is 0 Å². The predicted molar refractivity (Wildman–Crippen MR) is 31.4 cm³/mol. The Morgan fingerprint density at radius 1 is 1.56 bits per heavy atom. The summed E-state index contributed by atoms with van der Waals surface area (Å²) in [5, 5.41) is 9.07. The highest BCUT2D eigenvalue weighted by Gasteiger charge is 2.20. The second-order valence-corrected chi connectivity index (χ2v) is 1.89. The molecule has 0 aliphatic carbocycles. The average Bonchev–Trinajstić information content (AvgIpc) is 2.37. The Balaban J connectivity index is 2.27. The second kappa shape index (κ2) is 2.73. The van der Waals surface area contributed by atoms with E-state index < -0.39 is 12.4 Å². The lowest BCUT2D eigenvalue weighted by atomic mass is 10.3. The van der Waals surface area contributed by atoms with Gasteiger partial charge in [-0.15, -0.1) is 0 Å². The van der Waals surface area contributed by atoms with Gasteiger partial charge in [-0.05, 0) is 6.42 Å². The first-order valence-corrected chi connectivity index (χ1v) is 2.98. The minimum absolute atomic E-state index is 0.477. The van der Waals surface area contributed by atoms with Gasteiger partial charge in [-0.3, -0.25) is 0 Å². The van der Waals surface area contributed by atoms with Crippen LogP contribution in [0.3, 0.4) is 0 Å². The van der Waals surface area contributed by atoms with Crippen LogP contribution in [0.1, 0.15) is 13.3 Å². The summed E-state index contributed by atoms with van der Waals surface area (Å²) < 4.78 is 9.71. The molecule has 0 amide bonds. The van der Waals surface area contributed by atoms with Crippen molar-refractivity contribution in [2.75, 3.05) is 0 Å². The molecule has 0 spiro atoms. The van der Waals surface area contributed by atoms with Crippen molar-refractivity contribution < 1.29 is 14.6 Å². The maximum absolute atomic E-state index is 9.07. The third-order valence-corrected chi connectivity index (χ3v) is 1.21. The van der Waals surface area contributed by atoms with Gasteiger partial charge in [-0.2, -0.15) is 0 Å². The Bertz CT molecular complexity index is 103. The average molecular weight is 130 g/mol. The SMILES string of the molecule is CCC(O)C1OC=CO1. The quantitative estimate of drug-likeness (QED) is 0.595. The monoisotopic (exact) mass is 130 g/mol. The van der Waals surface area contributed by atoms with Crippen molar-refractivity contribution >= 4 is 0 Å². The third-order valence-electron chi connectivity index (χ3n) is 1.21. The summed E-state index contributed by atoms with van der Waals surface area (Å²) in [6, 6.07) is 0. The number of hydrogen-bond donors (Lipinski definition) is 1. The van der Waals surface area contributed by atoms with Gasteiger partial charge in [0.05, 0.1) is 0 Å². The summed E-state index contributed by atoms with van der Waals surface area (Å²) in [7, 11) is 0. The summed E-state index contributed by atoms with van der Waals surface area (Å²) in [6.07, 6.45) is 2.52. The highest BCUT2D eigenvalue weighted by Crippen LogP contribution is 2.11. The first-order chi connectivity index (χ1) is 4.34. The smallest absolute Gasteiger partial charge is 0.265 e. The molecular formula is C6H10O3. The van der Waals surface area contributed by atoms with E-state index in [2.05, 4.69) is 0 Å². The molecule has 0 saturated carbocycles. The molecule has 1 unspecified atom stereocenters. The van der Waals surface area contributed by atoms with E-state index in [1.807, 2.05) is 6.92 Å². The molecule has 1 aliphatic heterocycles. The van der Waals surface area contributed by atoms with E-state index >= 15 is 0 Å². The van der Waals surface area contributed by atoms with Crippen molar-refractivity contribution in [3.63, 3.8) is 0 Å². The lowest BCUT2D eigenvalue weighted by molar-refractivity contribution is -0.107. The van der Waals surface area contributed by atoms with E-state index in [0.717, 1.165) is 0 Å². The van der Waals surface area contributed by atoms with Crippen LogP contribution in [0.4, 0.5) is 0 Å². The molecule has 9 heavy (non-hydrogen) atoms. The maximum Gasteiger partial charge on any atom is 0.265 e. The zero-order valence-corrected chi connectivity index (χ0v) is 5.28. The van der Waals surface area contributed by atoms with Gasteiger partial charge in [0, 0.05) is 0 Å². The van der Waals surface area contributed by atoms with Crippen LogP contribution in [0.5, 0.6) is 0 Å². The molecule has 1 rings (SSSR count). The number of rotatable bonds is 2. The van der Waals surface area contributed by atoms with E-state index in [4.69, 9.17) is 14.6 Å². The van der Waals surface area contributed by atoms with Crippen molar-refractivity contribution in [2.45, 2.75) is 25.7 Å². The van der Waals surface area contributed by atoms with Gasteiger partial charge in [0.2, 0.25) is 0 Å². The largest absolute Gasteiger partial charge is 0.457 e. The lowest BCUT2D eigenvalue weighted by Crippen LogP contribution is -2.25. The minimum Gasteiger partial charge on any atom is -0.457 e. The topological polar surface area (TPSA) is 38.7 Å². The number of hydrogen-bond acceptors (Lipinski definition) is 3. The molecular weight excluding hydrogens is 120 g/mol. The molecule has 3 heteroatoms. The van der Waals surface area contributed by atoms with Crippen molar-refractivity contribution in [1.82, 2.24) is 0 Å². The minimum atomic E-state index is -0.514. The molecule has 1 N–H and O–H groups in total. The molecule has 0 aromatic heterocycles. The predicted octanol–water partition coefficient (Wildman–Crippen LogP) is 0.601. The standard InChI is InChI=1S/C6H10O3/c1-2-5(7)6-8-3-4-9-6/h3-7H,2H2,1H3. The van der Waals surface area contributed by atoms with Gasteiger partial charge in [0.25, 0.3) is 6.29 Å². The van der Waals surface area contributed by atoms with Crippen LogP contribution in [0.25, 0.3) is 0 Å². The Morgan fingerprint density at radius 3 is 2.56 bits per heavy atom. The molecule has 1 atom stereocenters. The molecule has 0 radical (unpaired) electrons. The second-order valence-electron chi connectivity index (χ2n) is 1.89. The van der Waals surface area contributed by atoms with Gasteiger partial charge in [-0.25, -0.2) is 0 Å². The summed E-state index contributed by atoms with van der Waals surface area (Å²) in [5.74, 6) is 0. The Labute approximate surface area is 53.9 Å². The van der Waals surface area contributed by atoms with Crippen molar-refractivity contribution in [3.05, 3.63) is 12.5 Å². The fourth-order valence-electron chi connectivity index (χ4n) is 0.625. The molecule has 1 aliphatic rings. The molecule has 0 aromatic carbocycles. The first-order valence-electron chi connectivity index (χ1n) is 2.98. The van der Waals surface area contributed by atoms with E-state index in [-0.39, 0.29) is 0 Å². The molecule has 0 saturated heterocycles. The highest BCUT2D eigenvalue weighted by molar-refractivity contribution is 4.74. The van der Waals surface area contributed by atoms with Crippen LogP contribution < -0.4 is 0 Å². The van der Waals surface area contributed by atoms with Gasteiger partial charge in [-0.1, -0.05) is 6.92 Å². The Hall–Kier alpha value is -0.700. The van der Waals surface area contributed by atoms with Gasteiger partial charge in [0.1, 0.15) is 18.6 Å². The van der Waals surface area contributed by atoms with E-state index in [1.165, 1.54) is 12.5 Å². The van der Waals surface area contributed by atoms with Crippen molar-refractivity contribution in [2.24, 2.45) is 0 Å². The van der Waals surface area contributed by atoms with Crippen molar-refractivity contribution in [1.29, 1.82) is 0 Å². The van der Waals surface area contributed by atoms with E-state index in [0.29, 0.717) is 6.42 Å². The number of ether oxygens (including phenoxy) is 2. The summed E-state index contributed by atoms with van der Waals surface area (Å²) in [5.41, 5.74) is 0. The maximum atomic E-state index is 9.07.